The zero-order chi connectivity index (χ0) is 16.0. The van der Waals surface area contributed by atoms with E-state index in [1.54, 1.807) is 6.92 Å². The van der Waals surface area contributed by atoms with Crippen LogP contribution in [0.4, 0.5) is 0 Å². The molecular weight excluding hydrogens is 298 g/mol. The quantitative estimate of drug-likeness (QED) is 0.462. The fraction of sp³-hybridized carbons (Fsp3) is 0.750. The first-order chi connectivity index (χ1) is 9.76. The van der Waals surface area contributed by atoms with Crippen molar-refractivity contribution in [2.45, 2.75) is 26.3 Å². The zero-order valence-electron chi connectivity index (χ0n) is 12.2. The molecule has 21 heavy (non-hydrogen) atoms. The summed E-state index contributed by atoms with van der Waals surface area (Å²) in [5.41, 5.74) is 0. The van der Waals surface area contributed by atoms with Crippen molar-refractivity contribution in [2.24, 2.45) is 0 Å². The van der Waals surface area contributed by atoms with Gasteiger partial charge in [0.25, 0.3) is 0 Å². The second kappa shape index (κ2) is 7.39. The molecule has 9 heteroatoms. The average molecular weight is 319 g/mol. The van der Waals surface area contributed by atoms with Crippen molar-refractivity contribution in [2.75, 3.05) is 31.1 Å². The highest BCUT2D eigenvalue weighted by Gasteiger charge is 2.35. The van der Waals surface area contributed by atoms with E-state index in [0.717, 1.165) is 0 Å². The molecular formula is C12H21N3O5S. The minimum Gasteiger partial charge on any atom is -0.355 e. The van der Waals surface area contributed by atoms with E-state index in [1.165, 1.54) is 11.8 Å². The largest absolute Gasteiger partial charge is 0.355 e. The van der Waals surface area contributed by atoms with Crippen LogP contribution in [-0.2, 0) is 24.2 Å². The molecule has 1 heterocycles. The summed E-state index contributed by atoms with van der Waals surface area (Å²) in [6, 6.07) is -0.436. The van der Waals surface area contributed by atoms with Crippen LogP contribution in [0.1, 0.15) is 20.3 Å². The molecule has 0 spiro atoms. The van der Waals surface area contributed by atoms with Gasteiger partial charge in [-0.15, -0.1) is 0 Å². The Morgan fingerprint density at radius 3 is 2.29 bits per heavy atom. The van der Waals surface area contributed by atoms with E-state index < -0.39 is 27.7 Å². The number of nitrogens with zero attached hydrogens (tertiary/aromatic N) is 1. The average Bonchev–Trinajstić information content (AvgIpc) is 2.75. The fourth-order valence-electron chi connectivity index (χ4n) is 2.21. The molecule has 0 aromatic rings. The third kappa shape index (κ3) is 5.33. The summed E-state index contributed by atoms with van der Waals surface area (Å²) in [7, 11) is -3.11. The van der Waals surface area contributed by atoms with Crippen LogP contribution in [0.3, 0.4) is 0 Å². The molecule has 1 unspecified atom stereocenters. The van der Waals surface area contributed by atoms with E-state index in [9.17, 15) is 22.8 Å². The summed E-state index contributed by atoms with van der Waals surface area (Å²) < 4.78 is 22.9. The van der Waals surface area contributed by atoms with Crippen LogP contribution in [-0.4, -0.2) is 68.2 Å². The number of rotatable bonds is 5. The smallest absolute Gasteiger partial charge is 0.312 e. The summed E-state index contributed by atoms with van der Waals surface area (Å²) in [4.78, 5) is 35.7. The Kier molecular flexibility index (Phi) is 6.13. The lowest BCUT2D eigenvalue weighted by molar-refractivity contribution is -0.146. The number of sulfone groups is 1. The maximum Gasteiger partial charge on any atom is 0.312 e. The van der Waals surface area contributed by atoms with Crippen LogP contribution in [0, 0.1) is 0 Å². The number of amides is 3. The van der Waals surface area contributed by atoms with Gasteiger partial charge in [0.1, 0.15) is 0 Å². The van der Waals surface area contributed by atoms with Crippen molar-refractivity contribution >= 4 is 27.6 Å². The number of carbonyl (C=O) groups is 3. The minimum atomic E-state index is -3.11. The van der Waals surface area contributed by atoms with E-state index in [1.807, 2.05) is 0 Å². The summed E-state index contributed by atoms with van der Waals surface area (Å²) in [5, 5.41) is 4.89. The van der Waals surface area contributed by atoms with Gasteiger partial charge in [0.2, 0.25) is 5.91 Å². The van der Waals surface area contributed by atoms with Gasteiger partial charge in [0, 0.05) is 32.6 Å². The van der Waals surface area contributed by atoms with Crippen LogP contribution in [0.5, 0.6) is 0 Å². The van der Waals surface area contributed by atoms with Gasteiger partial charge in [-0.3, -0.25) is 14.4 Å². The molecule has 0 aromatic carbocycles. The van der Waals surface area contributed by atoms with Crippen molar-refractivity contribution in [1.82, 2.24) is 15.5 Å². The van der Waals surface area contributed by atoms with E-state index in [2.05, 4.69) is 10.6 Å². The summed E-state index contributed by atoms with van der Waals surface area (Å²) >= 11 is 0. The fourth-order valence-corrected chi connectivity index (χ4v) is 3.94. The molecule has 1 fully saturated rings. The first-order valence-electron chi connectivity index (χ1n) is 6.80. The standard InChI is InChI=1S/C12H21N3O5S/c1-3-15(10-4-7-21(19,20)8-10)12(18)11(17)14-6-5-13-9(2)16/h10H,3-8H2,1-2H3,(H,13,16)(H,14,17). The molecule has 0 radical (unpaired) electrons. The van der Waals surface area contributed by atoms with Crippen molar-refractivity contribution in [1.29, 1.82) is 0 Å². The molecule has 1 atom stereocenters. The Morgan fingerprint density at radius 1 is 1.19 bits per heavy atom. The normalized spacial score (nSPS) is 19.8. The van der Waals surface area contributed by atoms with Crippen molar-refractivity contribution in [3.05, 3.63) is 0 Å². The Morgan fingerprint density at radius 2 is 1.81 bits per heavy atom. The molecule has 0 bridgehead atoms. The first kappa shape index (κ1) is 17.4. The van der Waals surface area contributed by atoms with Gasteiger partial charge < -0.3 is 15.5 Å². The highest BCUT2D eigenvalue weighted by Crippen LogP contribution is 2.17. The Bertz CT molecular complexity index is 517. The van der Waals surface area contributed by atoms with Crippen LogP contribution in [0.2, 0.25) is 0 Å². The predicted molar refractivity (Wildman–Crippen MR) is 76.1 cm³/mol. The Balaban J connectivity index is 2.51. The lowest BCUT2D eigenvalue weighted by Gasteiger charge is -2.26. The molecule has 0 aliphatic carbocycles. The van der Waals surface area contributed by atoms with E-state index in [4.69, 9.17) is 0 Å². The molecule has 3 amide bonds. The van der Waals surface area contributed by atoms with Crippen molar-refractivity contribution in [3.63, 3.8) is 0 Å². The number of likely N-dealkylation sites (N-methyl/N-ethyl adjacent to an activating group) is 1. The van der Waals surface area contributed by atoms with Crippen molar-refractivity contribution in [3.8, 4) is 0 Å². The van der Waals surface area contributed by atoms with Gasteiger partial charge in [-0.2, -0.15) is 0 Å². The third-order valence-corrected chi connectivity index (χ3v) is 4.98. The summed E-state index contributed by atoms with van der Waals surface area (Å²) in [5.74, 6) is -1.78. The van der Waals surface area contributed by atoms with Gasteiger partial charge in [-0.25, -0.2) is 8.42 Å². The van der Waals surface area contributed by atoms with Gasteiger partial charge in [-0.1, -0.05) is 0 Å². The van der Waals surface area contributed by atoms with Gasteiger partial charge in [0.15, 0.2) is 9.84 Å². The molecule has 1 rings (SSSR count). The maximum absolute atomic E-state index is 12.0. The molecule has 8 nitrogen and oxygen atoms in total. The first-order valence-corrected chi connectivity index (χ1v) is 8.62. The number of hydrogen-bond donors (Lipinski definition) is 2. The monoisotopic (exact) mass is 319 g/mol. The lowest BCUT2D eigenvalue weighted by Crippen LogP contribution is -2.49. The van der Waals surface area contributed by atoms with E-state index >= 15 is 0 Å². The molecule has 0 aromatic heterocycles. The second-order valence-electron chi connectivity index (χ2n) is 4.89. The molecule has 120 valence electrons. The number of carbonyl (C=O) groups excluding carboxylic acids is 3. The maximum atomic E-state index is 12.0. The van der Waals surface area contributed by atoms with E-state index in [-0.39, 0.29) is 37.0 Å². The highest BCUT2D eigenvalue weighted by atomic mass is 32.2. The van der Waals surface area contributed by atoms with Crippen LogP contribution in [0.15, 0.2) is 0 Å². The summed E-state index contributed by atoms with van der Waals surface area (Å²) in [6.07, 6.45) is 0.362. The van der Waals surface area contributed by atoms with Gasteiger partial charge >= 0.3 is 11.8 Å². The highest BCUT2D eigenvalue weighted by molar-refractivity contribution is 7.91. The predicted octanol–water partition coefficient (Wildman–Crippen LogP) is -1.73. The number of hydrogen-bond acceptors (Lipinski definition) is 5. The lowest BCUT2D eigenvalue weighted by atomic mass is 10.2. The zero-order valence-corrected chi connectivity index (χ0v) is 13.0. The van der Waals surface area contributed by atoms with E-state index in [0.29, 0.717) is 6.42 Å². The van der Waals surface area contributed by atoms with Crippen LogP contribution < -0.4 is 10.6 Å². The summed E-state index contributed by atoms with van der Waals surface area (Å²) in [6.45, 7) is 3.71. The van der Waals surface area contributed by atoms with Crippen LogP contribution in [0.25, 0.3) is 0 Å². The van der Waals surface area contributed by atoms with Gasteiger partial charge in [-0.05, 0) is 13.3 Å². The topological polar surface area (TPSA) is 113 Å². The molecule has 0 saturated carbocycles. The van der Waals surface area contributed by atoms with Crippen LogP contribution >= 0.6 is 0 Å². The SMILES string of the molecule is CCN(C(=O)C(=O)NCCNC(C)=O)C1CCS(=O)(=O)C1. The Labute approximate surface area is 124 Å². The van der Waals surface area contributed by atoms with Gasteiger partial charge in [0.05, 0.1) is 11.5 Å². The molecule has 1 saturated heterocycles. The third-order valence-electron chi connectivity index (χ3n) is 3.23. The molecule has 1 aliphatic heterocycles. The minimum absolute atomic E-state index is 0.0472. The molecule has 1 aliphatic rings. The second-order valence-corrected chi connectivity index (χ2v) is 7.12. The Hall–Kier alpha value is -1.64. The van der Waals surface area contributed by atoms with Crippen molar-refractivity contribution < 1.29 is 22.8 Å². The number of nitrogens with one attached hydrogen (secondary N) is 2. The molecule has 2 N–H and O–H groups in total.